The highest BCUT2D eigenvalue weighted by Gasteiger charge is 2.58. The van der Waals surface area contributed by atoms with Crippen molar-refractivity contribution in [1.29, 1.82) is 0 Å². The van der Waals surface area contributed by atoms with Gasteiger partial charge in [-0.25, -0.2) is 4.99 Å². The zero-order valence-corrected chi connectivity index (χ0v) is 20.3. The largest absolute Gasteiger partial charge is 0.511 e. The van der Waals surface area contributed by atoms with Gasteiger partial charge >= 0.3 is 0 Å². The third-order valence-electron chi connectivity index (χ3n) is 6.49. The third-order valence-corrected chi connectivity index (χ3v) is 8.93. The number of aliphatic hydroxyl groups excluding tert-OH is 1. The molecule has 7 nitrogen and oxygen atoms in total. The number of carbonyl (C=O) groups excluding carboxylic acids is 1. The summed E-state index contributed by atoms with van der Waals surface area (Å²) in [5.41, 5.74) is 1.50. The van der Waals surface area contributed by atoms with Crippen molar-refractivity contribution in [2.24, 2.45) is 16.8 Å². The van der Waals surface area contributed by atoms with Gasteiger partial charge in [0.05, 0.1) is 29.1 Å². The van der Waals surface area contributed by atoms with Crippen LogP contribution in [-0.2, 0) is 16.1 Å². The van der Waals surface area contributed by atoms with E-state index in [-0.39, 0.29) is 35.8 Å². The zero-order valence-electron chi connectivity index (χ0n) is 17.9. The van der Waals surface area contributed by atoms with Gasteiger partial charge in [0.2, 0.25) is 0 Å². The van der Waals surface area contributed by atoms with Crippen LogP contribution in [0.5, 0.6) is 0 Å². The number of carbonyl (C=O) groups is 1. The summed E-state index contributed by atoms with van der Waals surface area (Å²) in [4.78, 5) is 21.4. The Morgan fingerprint density at radius 2 is 2.23 bits per heavy atom. The fourth-order valence-electron chi connectivity index (χ4n) is 4.97. The van der Waals surface area contributed by atoms with Crippen molar-refractivity contribution in [3.05, 3.63) is 22.3 Å². The van der Waals surface area contributed by atoms with Crippen LogP contribution in [0.3, 0.4) is 0 Å². The highest BCUT2D eigenvalue weighted by molar-refractivity contribution is 7.98. The normalized spacial score (nSPS) is 29.4. The molecule has 0 saturated carbocycles. The quantitative estimate of drug-likeness (QED) is 0.509. The first-order valence-corrected chi connectivity index (χ1v) is 13.7. The van der Waals surface area contributed by atoms with Gasteiger partial charge in [-0.05, 0) is 54.3 Å². The van der Waals surface area contributed by atoms with E-state index >= 15 is 0 Å². The van der Waals surface area contributed by atoms with Crippen LogP contribution in [-0.4, -0.2) is 52.8 Å². The minimum Gasteiger partial charge on any atom is -0.511 e. The van der Waals surface area contributed by atoms with Crippen molar-refractivity contribution in [2.45, 2.75) is 62.8 Å². The molecule has 0 spiro atoms. The molecule has 4 atom stereocenters. The minimum atomic E-state index is -0.154. The topological polar surface area (TPSA) is 86.2 Å². The second kappa shape index (κ2) is 8.62. The van der Waals surface area contributed by atoms with Gasteiger partial charge < -0.3 is 19.5 Å². The fraction of sp³-hybridized carbons (Fsp3) is 0.619. The molecule has 1 amide bonds. The smallest absolute Gasteiger partial charge is 0.261 e. The molecular weight excluding hydrogens is 452 g/mol. The number of rotatable bonds is 7. The minimum absolute atomic E-state index is 0.0157. The van der Waals surface area contributed by atoms with Crippen molar-refractivity contribution < 1.29 is 14.6 Å². The van der Waals surface area contributed by atoms with E-state index in [0.29, 0.717) is 23.9 Å². The van der Waals surface area contributed by atoms with Crippen molar-refractivity contribution in [2.75, 3.05) is 12.8 Å². The number of aliphatic hydroxyl groups is 1. The van der Waals surface area contributed by atoms with E-state index in [1.165, 1.54) is 17.5 Å². The van der Waals surface area contributed by atoms with Crippen molar-refractivity contribution in [3.63, 3.8) is 0 Å². The lowest BCUT2D eigenvalue weighted by atomic mass is 9.78. The van der Waals surface area contributed by atoms with E-state index in [1.807, 2.05) is 11.2 Å². The van der Waals surface area contributed by atoms with Gasteiger partial charge in [0, 0.05) is 13.1 Å². The Morgan fingerprint density at radius 3 is 3.00 bits per heavy atom. The molecule has 2 bridgehead atoms. The number of hydrogen-bond donors (Lipinski definition) is 3. The lowest BCUT2D eigenvalue weighted by Gasteiger charge is -2.42. The predicted molar refractivity (Wildman–Crippen MR) is 127 cm³/mol. The second-order valence-corrected chi connectivity index (χ2v) is 11.2. The van der Waals surface area contributed by atoms with Crippen LogP contribution in [0, 0.1) is 11.8 Å². The maximum Gasteiger partial charge on any atom is 0.261 e. The maximum atomic E-state index is 13.6. The molecular formula is C21H28N4O3S3. The summed E-state index contributed by atoms with van der Waals surface area (Å²) in [6, 6.07) is -0.0629. The molecule has 0 aromatic carbocycles. The molecule has 5 heterocycles. The Hall–Kier alpha value is -1.20. The summed E-state index contributed by atoms with van der Waals surface area (Å²) in [5, 5.41) is 14.2. The van der Waals surface area contributed by atoms with Crippen LogP contribution >= 0.6 is 35.2 Å². The molecule has 0 radical (unpaired) electrons. The van der Waals surface area contributed by atoms with Crippen molar-refractivity contribution in [1.82, 2.24) is 14.3 Å². The Morgan fingerprint density at radius 1 is 1.42 bits per heavy atom. The van der Waals surface area contributed by atoms with Gasteiger partial charge in [-0.3, -0.25) is 9.52 Å². The second-order valence-electron chi connectivity index (χ2n) is 8.83. The molecule has 4 unspecified atom stereocenters. The molecule has 5 rings (SSSR count). The fourth-order valence-corrected chi connectivity index (χ4v) is 7.20. The van der Waals surface area contributed by atoms with Gasteiger partial charge in [-0.2, -0.15) is 0 Å². The Balaban J connectivity index is 1.50. The van der Waals surface area contributed by atoms with Gasteiger partial charge in [0.15, 0.2) is 5.84 Å². The summed E-state index contributed by atoms with van der Waals surface area (Å²) in [5.74, 6) is 0.823. The number of ether oxygens (including phenoxy) is 1. The summed E-state index contributed by atoms with van der Waals surface area (Å²) >= 11 is 4.62. The van der Waals surface area contributed by atoms with Crippen LogP contribution < -0.4 is 9.44 Å². The molecule has 31 heavy (non-hydrogen) atoms. The monoisotopic (exact) mass is 480 g/mol. The first-order chi connectivity index (χ1) is 15.0. The van der Waals surface area contributed by atoms with Crippen LogP contribution in [0.2, 0.25) is 0 Å². The number of aliphatic imine (C=N–C) groups is 1. The average molecular weight is 481 g/mol. The van der Waals surface area contributed by atoms with Gasteiger partial charge in [-0.1, -0.05) is 25.8 Å². The Kier molecular flexibility index (Phi) is 6.02. The highest BCUT2D eigenvalue weighted by atomic mass is 32.2. The first-order valence-electron chi connectivity index (χ1n) is 10.8. The van der Waals surface area contributed by atoms with Crippen molar-refractivity contribution in [3.8, 4) is 0 Å². The number of amidine groups is 1. The Bertz CT molecular complexity index is 944. The molecule has 168 valence electrons. The zero-order chi connectivity index (χ0) is 21.7. The number of amides is 1. The maximum absolute atomic E-state index is 13.6. The molecule has 4 aliphatic heterocycles. The van der Waals surface area contributed by atoms with E-state index < -0.39 is 0 Å². The summed E-state index contributed by atoms with van der Waals surface area (Å²) < 4.78 is 12.7. The molecule has 2 saturated heterocycles. The number of nitrogens with one attached hydrogen (secondary N) is 2. The molecule has 1 aromatic heterocycles. The molecule has 2 fully saturated rings. The number of fused-ring (bicyclic) bond motifs is 6. The van der Waals surface area contributed by atoms with E-state index in [2.05, 4.69) is 28.7 Å². The molecule has 4 aliphatic rings. The van der Waals surface area contributed by atoms with Gasteiger partial charge in [0.25, 0.3) is 5.91 Å². The average Bonchev–Trinajstić information content (AvgIpc) is 3.46. The van der Waals surface area contributed by atoms with E-state index in [1.54, 1.807) is 23.3 Å². The van der Waals surface area contributed by atoms with Crippen LogP contribution in [0.25, 0.3) is 0 Å². The van der Waals surface area contributed by atoms with Crippen molar-refractivity contribution >= 4 is 52.0 Å². The van der Waals surface area contributed by atoms with E-state index in [9.17, 15) is 9.90 Å². The van der Waals surface area contributed by atoms with E-state index in [4.69, 9.17) is 9.73 Å². The summed E-state index contributed by atoms with van der Waals surface area (Å²) in [7, 11) is 0. The van der Waals surface area contributed by atoms with Gasteiger partial charge in [-0.15, -0.1) is 11.3 Å². The van der Waals surface area contributed by atoms with E-state index in [0.717, 1.165) is 35.7 Å². The lowest BCUT2D eigenvalue weighted by Crippen LogP contribution is -2.56. The predicted octanol–water partition coefficient (Wildman–Crippen LogP) is 4.00. The Labute approximate surface area is 195 Å². The molecule has 0 aliphatic carbocycles. The first kappa shape index (κ1) is 21.6. The highest BCUT2D eigenvalue weighted by Crippen LogP contribution is 2.49. The molecule has 10 heteroatoms. The van der Waals surface area contributed by atoms with Crippen LogP contribution in [0.1, 0.15) is 38.7 Å². The van der Waals surface area contributed by atoms with Gasteiger partial charge in [0.1, 0.15) is 16.3 Å². The molecule has 1 aromatic rings. The number of nitrogens with zero attached hydrogens (tertiary/aromatic N) is 2. The summed E-state index contributed by atoms with van der Waals surface area (Å²) in [6.45, 7) is 5.77. The number of thiophene rings is 1. The molecule has 3 N–H and O–H groups in total. The SMILES string of the molecule is CSNCc1csc2c1SNC(C1=C(O)C3C4CCC(O4)C3N(CCC(C)C)C1=O)=N2. The number of hydrogen-bond acceptors (Lipinski definition) is 9. The standard InChI is InChI=1S/C21H28N4O3S3/c1-10(2)6-7-25-16-13-5-4-12(28-13)14(16)17(26)15(21(25)27)19-23-20-18(31-24-19)11(9-30-20)8-22-29-3/h9-10,12-14,16,22,26H,4-8H2,1-3H3,(H,23,24). The van der Waals surface area contributed by atoms with Crippen LogP contribution in [0.15, 0.2) is 26.6 Å². The van der Waals surface area contributed by atoms with Crippen LogP contribution in [0.4, 0.5) is 5.00 Å². The lowest BCUT2D eigenvalue weighted by molar-refractivity contribution is -0.132. The third kappa shape index (κ3) is 3.70. The summed E-state index contributed by atoms with van der Waals surface area (Å²) in [6.07, 6.45) is 4.84.